The van der Waals surface area contributed by atoms with Gasteiger partial charge in [0.25, 0.3) is 0 Å². The molecule has 1 N–H and O–H groups in total. The molecular formula is C22H24N4O4. The van der Waals surface area contributed by atoms with Crippen LogP contribution in [0.2, 0.25) is 0 Å². The summed E-state index contributed by atoms with van der Waals surface area (Å²) < 4.78 is 16.7. The minimum Gasteiger partial charge on any atom is -0.493 e. The average Bonchev–Trinajstić information content (AvgIpc) is 2.79. The third-order valence-corrected chi connectivity index (χ3v) is 5.09. The smallest absolute Gasteiger partial charge is 0.321 e. The zero-order chi connectivity index (χ0) is 20.9. The topological polar surface area (TPSA) is 85.8 Å². The van der Waals surface area contributed by atoms with Gasteiger partial charge in [0.05, 0.1) is 37.1 Å². The van der Waals surface area contributed by atoms with E-state index >= 15 is 0 Å². The number of carbonyl (C=O) groups is 1. The second-order valence-electron chi connectivity index (χ2n) is 6.97. The van der Waals surface area contributed by atoms with Gasteiger partial charge in [-0.3, -0.25) is 0 Å². The Bertz CT molecular complexity index is 1030. The van der Waals surface area contributed by atoms with Crippen LogP contribution in [0.25, 0.3) is 11.0 Å². The predicted molar refractivity (Wildman–Crippen MR) is 113 cm³/mol. The molecule has 0 radical (unpaired) electrons. The summed E-state index contributed by atoms with van der Waals surface area (Å²) >= 11 is 0. The van der Waals surface area contributed by atoms with Crippen LogP contribution < -0.4 is 19.5 Å². The van der Waals surface area contributed by atoms with E-state index in [1.807, 2.05) is 30.3 Å². The van der Waals surface area contributed by atoms with E-state index in [0.29, 0.717) is 36.2 Å². The zero-order valence-electron chi connectivity index (χ0n) is 17.0. The van der Waals surface area contributed by atoms with Gasteiger partial charge in [0, 0.05) is 25.9 Å². The monoisotopic (exact) mass is 408 g/mol. The number of piperidine rings is 1. The van der Waals surface area contributed by atoms with Gasteiger partial charge in [0.15, 0.2) is 11.5 Å². The Balaban J connectivity index is 1.34. The van der Waals surface area contributed by atoms with Crippen LogP contribution in [-0.2, 0) is 0 Å². The molecule has 1 fully saturated rings. The number of hydrogen-bond acceptors (Lipinski definition) is 6. The lowest BCUT2D eigenvalue weighted by Gasteiger charge is -2.32. The number of urea groups is 1. The molecule has 0 aliphatic carbocycles. The van der Waals surface area contributed by atoms with Gasteiger partial charge in [0.2, 0.25) is 5.88 Å². The lowest BCUT2D eigenvalue weighted by atomic mass is 10.1. The van der Waals surface area contributed by atoms with Gasteiger partial charge in [-0.15, -0.1) is 0 Å². The normalized spacial score (nSPS) is 14.4. The molecule has 0 saturated carbocycles. The SMILES string of the molecule is COc1cccc(NC(=O)N2CCC(Oc3cnc4ccccc4n3)CC2)c1OC. The number of likely N-dealkylation sites (tertiary alicyclic amines) is 1. The van der Waals surface area contributed by atoms with E-state index in [1.165, 1.54) is 0 Å². The summed E-state index contributed by atoms with van der Waals surface area (Å²) in [5.74, 6) is 1.58. The number of rotatable bonds is 5. The fourth-order valence-electron chi connectivity index (χ4n) is 3.52. The Labute approximate surface area is 174 Å². The lowest BCUT2D eigenvalue weighted by Crippen LogP contribution is -2.43. The summed E-state index contributed by atoms with van der Waals surface area (Å²) in [6.07, 6.45) is 3.08. The molecular weight excluding hydrogens is 384 g/mol. The number of hydrogen-bond donors (Lipinski definition) is 1. The number of para-hydroxylation sites is 3. The third-order valence-electron chi connectivity index (χ3n) is 5.09. The van der Waals surface area contributed by atoms with Crippen LogP contribution in [0.3, 0.4) is 0 Å². The molecule has 1 aliphatic rings. The second-order valence-corrected chi connectivity index (χ2v) is 6.97. The molecule has 0 spiro atoms. The van der Waals surface area contributed by atoms with E-state index in [-0.39, 0.29) is 12.1 Å². The molecule has 30 heavy (non-hydrogen) atoms. The van der Waals surface area contributed by atoms with Crippen LogP contribution in [0.15, 0.2) is 48.7 Å². The molecule has 8 heteroatoms. The Kier molecular flexibility index (Phi) is 5.83. The minimum atomic E-state index is -0.175. The highest BCUT2D eigenvalue weighted by Crippen LogP contribution is 2.35. The Morgan fingerprint density at radius 2 is 1.80 bits per heavy atom. The van der Waals surface area contributed by atoms with Crippen molar-refractivity contribution in [2.75, 3.05) is 32.6 Å². The highest BCUT2D eigenvalue weighted by molar-refractivity contribution is 5.91. The molecule has 1 saturated heterocycles. The largest absolute Gasteiger partial charge is 0.493 e. The first-order chi connectivity index (χ1) is 14.7. The fraction of sp³-hybridized carbons (Fsp3) is 0.318. The van der Waals surface area contributed by atoms with Crippen molar-refractivity contribution in [2.45, 2.75) is 18.9 Å². The molecule has 2 aromatic carbocycles. The number of benzene rings is 2. The van der Waals surface area contributed by atoms with Crippen molar-refractivity contribution in [3.05, 3.63) is 48.7 Å². The number of nitrogens with one attached hydrogen (secondary N) is 1. The predicted octanol–water partition coefficient (Wildman–Crippen LogP) is 3.72. The second kappa shape index (κ2) is 8.86. The maximum atomic E-state index is 12.7. The van der Waals surface area contributed by atoms with E-state index in [4.69, 9.17) is 14.2 Å². The van der Waals surface area contributed by atoms with Crippen LogP contribution in [0.4, 0.5) is 10.5 Å². The first-order valence-corrected chi connectivity index (χ1v) is 9.83. The summed E-state index contributed by atoms with van der Waals surface area (Å²) in [6, 6.07) is 12.9. The molecule has 0 atom stereocenters. The molecule has 156 valence electrons. The molecule has 2 heterocycles. The molecule has 4 rings (SSSR count). The van der Waals surface area contributed by atoms with Gasteiger partial charge >= 0.3 is 6.03 Å². The summed E-state index contributed by atoms with van der Waals surface area (Å²) in [5.41, 5.74) is 2.22. The standard InChI is InChI=1S/C22H24N4O4/c1-28-19-9-5-8-18(21(19)29-2)25-22(27)26-12-10-15(11-13-26)30-20-14-23-16-6-3-4-7-17(16)24-20/h3-9,14-15H,10-13H2,1-2H3,(H,25,27). The zero-order valence-corrected chi connectivity index (χ0v) is 17.0. The molecule has 0 bridgehead atoms. The fourth-order valence-corrected chi connectivity index (χ4v) is 3.52. The number of carbonyl (C=O) groups excluding carboxylic acids is 1. The summed E-state index contributed by atoms with van der Waals surface area (Å²) in [7, 11) is 3.11. The number of nitrogens with zero attached hydrogens (tertiary/aromatic N) is 3. The minimum absolute atomic E-state index is 0.00383. The summed E-state index contributed by atoms with van der Waals surface area (Å²) in [4.78, 5) is 23.4. The molecule has 0 unspecified atom stereocenters. The Hall–Kier alpha value is -3.55. The van der Waals surface area contributed by atoms with E-state index in [0.717, 1.165) is 23.9 Å². The number of aromatic nitrogens is 2. The number of ether oxygens (including phenoxy) is 3. The molecule has 1 aliphatic heterocycles. The van der Waals surface area contributed by atoms with Crippen molar-refractivity contribution in [1.29, 1.82) is 0 Å². The van der Waals surface area contributed by atoms with E-state index < -0.39 is 0 Å². The van der Waals surface area contributed by atoms with Crippen LogP contribution in [0.5, 0.6) is 17.4 Å². The average molecular weight is 408 g/mol. The lowest BCUT2D eigenvalue weighted by molar-refractivity contribution is 0.111. The van der Waals surface area contributed by atoms with E-state index in [9.17, 15) is 4.79 Å². The van der Waals surface area contributed by atoms with E-state index in [2.05, 4.69) is 15.3 Å². The highest BCUT2D eigenvalue weighted by atomic mass is 16.5. The van der Waals surface area contributed by atoms with Crippen LogP contribution in [0.1, 0.15) is 12.8 Å². The molecule has 2 amide bonds. The Morgan fingerprint density at radius 3 is 2.53 bits per heavy atom. The third kappa shape index (κ3) is 4.22. The quantitative estimate of drug-likeness (QED) is 0.693. The maximum absolute atomic E-state index is 12.7. The van der Waals surface area contributed by atoms with Crippen LogP contribution >= 0.6 is 0 Å². The first kappa shape index (κ1) is 19.8. The van der Waals surface area contributed by atoms with E-state index in [1.54, 1.807) is 37.4 Å². The Morgan fingerprint density at radius 1 is 1.03 bits per heavy atom. The van der Waals surface area contributed by atoms with Crippen molar-refractivity contribution in [3.63, 3.8) is 0 Å². The van der Waals surface area contributed by atoms with Gasteiger partial charge in [-0.05, 0) is 24.3 Å². The molecule has 8 nitrogen and oxygen atoms in total. The summed E-state index contributed by atoms with van der Waals surface area (Å²) in [5, 5.41) is 2.91. The van der Waals surface area contributed by atoms with Crippen molar-refractivity contribution < 1.29 is 19.0 Å². The van der Waals surface area contributed by atoms with Gasteiger partial charge in [0.1, 0.15) is 6.10 Å². The number of anilines is 1. The van der Waals surface area contributed by atoms with Crippen LogP contribution in [0, 0.1) is 0 Å². The summed E-state index contributed by atoms with van der Waals surface area (Å²) in [6.45, 7) is 1.17. The highest BCUT2D eigenvalue weighted by Gasteiger charge is 2.25. The number of methoxy groups -OCH3 is 2. The van der Waals surface area contributed by atoms with Gasteiger partial charge in [-0.2, -0.15) is 0 Å². The molecule has 3 aromatic rings. The van der Waals surface area contributed by atoms with Crippen molar-refractivity contribution in [1.82, 2.24) is 14.9 Å². The van der Waals surface area contributed by atoms with Crippen molar-refractivity contribution in [2.24, 2.45) is 0 Å². The van der Waals surface area contributed by atoms with Gasteiger partial charge in [-0.25, -0.2) is 14.8 Å². The van der Waals surface area contributed by atoms with Gasteiger partial charge < -0.3 is 24.4 Å². The number of amides is 2. The maximum Gasteiger partial charge on any atom is 0.321 e. The van der Waals surface area contributed by atoms with Crippen LogP contribution in [-0.4, -0.2) is 54.3 Å². The first-order valence-electron chi connectivity index (χ1n) is 9.83. The number of fused-ring (bicyclic) bond motifs is 1. The van der Waals surface area contributed by atoms with Crippen molar-refractivity contribution in [3.8, 4) is 17.4 Å². The van der Waals surface area contributed by atoms with Crippen molar-refractivity contribution >= 4 is 22.8 Å². The van der Waals surface area contributed by atoms with Gasteiger partial charge in [-0.1, -0.05) is 18.2 Å². The molecule has 1 aromatic heterocycles.